The van der Waals surface area contributed by atoms with Crippen molar-refractivity contribution >= 4 is 28.9 Å². The number of carbonyl (C=O) groups excluding carboxylic acids is 1. The Hall–Kier alpha value is -1.96. The zero-order chi connectivity index (χ0) is 14.2. The first-order valence-electron chi connectivity index (χ1n) is 5.70. The highest BCUT2D eigenvalue weighted by molar-refractivity contribution is 7.14. The van der Waals surface area contributed by atoms with E-state index >= 15 is 0 Å². The molecule has 8 heteroatoms. The summed E-state index contributed by atoms with van der Waals surface area (Å²) >= 11 is 1.03. The van der Waals surface area contributed by atoms with Gasteiger partial charge in [0, 0.05) is 12.6 Å². The molecule has 1 aliphatic rings. The highest BCUT2D eigenvalue weighted by atomic mass is 32.1. The fourth-order valence-corrected chi connectivity index (χ4v) is 3.11. The number of amides is 1. The minimum atomic E-state index is -1.03. The fourth-order valence-electron chi connectivity index (χ4n) is 2.17. The van der Waals surface area contributed by atoms with Gasteiger partial charge in [-0.1, -0.05) is 0 Å². The molecule has 102 valence electrons. The fraction of sp³-hybridized carbons (Fsp3) is 0.455. The monoisotopic (exact) mass is 284 g/mol. The van der Waals surface area contributed by atoms with Crippen LogP contribution >= 0.6 is 11.3 Å². The Kier molecular flexibility index (Phi) is 3.52. The summed E-state index contributed by atoms with van der Waals surface area (Å²) in [5.41, 5.74) is -0.0978. The predicted octanol–water partition coefficient (Wildman–Crippen LogP) is 1.65. The highest BCUT2D eigenvalue weighted by Crippen LogP contribution is 2.30. The molecule has 1 aromatic heterocycles. The number of hydrogen-bond acceptors (Lipinski definition) is 5. The Morgan fingerprint density at radius 1 is 1.58 bits per heavy atom. The maximum absolute atomic E-state index is 12.2. The van der Waals surface area contributed by atoms with Crippen molar-refractivity contribution in [1.82, 2.24) is 4.90 Å². The number of rotatable bonds is 3. The Morgan fingerprint density at radius 3 is 2.79 bits per heavy atom. The molecule has 1 atom stereocenters. The molecule has 0 saturated carbocycles. The lowest BCUT2D eigenvalue weighted by Crippen LogP contribution is -2.40. The summed E-state index contributed by atoms with van der Waals surface area (Å²) in [6, 6.07) is 0.397. The van der Waals surface area contributed by atoms with E-state index in [0.29, 0.717) is 24.3 Å². The standard InChI is InChI=1S/C11H12N2O5S/c1-6-8(13(17)18)5-9(19-6)10(14)12-4-2-3-7(12)11(15)16/h5,7H,2-4H2,1H3,(H,15,16)/t7-/m0/s1. The van der Waals surface area contributed by atoms with E-state index in [1.54, 1.807) is 6.92 Å². The molecule has 1 aromatic rings. The van der Waals surface area contributed by atoms with E-state index in [2.05, 4.69) is 0 Å². The van der Waals surface area contributed by atoms with Crippen LogP contribution in [0, 0.1) is 17.0 Å². The summed E-state index contributed by atoms with van der Waals surface area (Å²) in [7, 11) is 0. The molecule has 1 N–H and O–H groups in total. The molecule has 0 bridgehead atoms. The third-order valence-corrected chi connectivity index (χ3v) is 4.13. The van der Waals surface area contributed by atoms with Crippen molar-refractivity contribution in [2.75, 3.05) is 6.54 Å². The van der Waals surface area contributed by atoms with Gasteiger partial charge in [0.05, 0.1) is 14.7 Å². The normalized spacial score (nSPS) is 18.6. The van der Waals surface area contributed by atoms with Gasteiger partial charge < -0.3 is 10.0 Å². The topological polar surface area (TPSA) is 101 Å². The van der Waals surface area contributed by atoms with Gasteiger partial charge in [-0.05, 0) is 19.8 Å². The molecular weight excluding hydrogens is 272 g/mol. The second-order valence-electron chi connectivity index (χ2n) is 4.30. The summed E-state index contributed by atoms with van der Waals surface area (Å²) < 4.78 is 0. The van der Waals surface area contributed by atoms with E-state index in [9.17, 15) is 19.7 Å². The lowest BCUT2D eigenvalue weighted by Gasteiger charge is -2.20. The predicted molar refractivity (Wildman–Crippen MR) is 67.4 cm³/mol. The van der Waals surface area contributed by atoms with Gasteiger partial charge in [-0.15, -0.1) is 11.3 Å². The first-order chi connectivity index (χ1) is 8.91. The summed E-state index contributed by atoms with van der Waals surface area (Å²) in [5, 5.41) is 19.8. The molecule has 19 heavy (non-hydrogen) atoms. The number of carboxylic acids is 1. The molecule has 0 radical (unpaired) electrons. The maximum atomic E-state index is 12.2. The Balaban J connectivity index is 2.27. The summed E-state index contributed by atoms with van der Waals surface area (Å²) in [4.78, 5) is 35.4. The van der Waals surface area contributed by atoms with Gasteiger partial charge in [-0.2, -0.15) is 0 Å². The Bertz CT molecular complexity index is 553. The van der Waals surface area contributed by atoms with E-state index in [1.165, 1.54) is 11.0 Å². The lowest BCUT2D eigenvalue weighted by molar-refractivity contribution is -0.385. The van der Waals surface area contributed by atoms with Gasteiger partial charge >= 0.3 is 5.97 Å². The van der Waals surface area contributed by atoms with Crippen molar-refractivity contribution in [3.05, 3.63) is 25.9 Å². The molecule has 0 aliphatic carbocycles. The number of aliphatic carboxylic acids is 1. The summed E-state index contributed by atoms with van der Waals surface area (Å²) in [6.07, 6.45) is 1.06. The average Bonchev–Trinajstić information content (AvgIpc) is 2.93. The first kappa shape index (κ1) is 13.5. The number of likely N-dealkylation sites (tertiary alicyclic amines) is 1. The van der Waals surface area contributed by atoms with Crippen molar-refractivity contribution < 1.29 is 19.6 Å². The van der Waals surface area contributed by atoms with Crippen LogP contribution in [0.15, 0.2) is 6.07 Å². The van der Waals surface area contributed by atoms with Crippen LogP contribution in [0.5, 0.6) is 0 Å². The molecular formula is C11H12N2O5S. The van der Waals surface area contributed by atoms with Crippen LogP contribution in [-0.2, 0) is 4.79 Å². The van der Waals surface area contributed by atoms with Crippen LogP contribution in [0.1, 0.15) is 27.4 Å². The van der Waals surface area contributed by atoms with E-state index in [1.807, 2.05) is 0 Å². The molecule has 0 unspecified atom stereocenters. The zero-order valence-electron chi connectivity index (χ0n) is 10.2. The maximum Gasteiger partial charge on any atom is 0.326 e. The smallest absolute Gasteiger partial charge is 0.326 e. The number of aryl methyl sites for hydroxylation is 1. The van der Waals surface area contributed by atoms with Crippen LogP contribution in [0.2, 0.25) is 0 Å². The second-order valence-corrected chi connectivity index (χ2v) is 5.56. The number of thiophene rings is 1. The van der Waals surface area contributed by atoms with Gasteiger partial charge in [0.15, 0.2) is 0 Å². The largest absolute Gasteiger partial charge is 0.480 e. The van der Waals surface area contributed by atoms with Crippen molar-refractivity contribution in [1.29, 1.82) is 0 Å². The van der Waals surface area contributed by atoms with E-state index in [4.69, 9.17) is 5.11 Å². The molecule has 2 rings (SSSR count). The first-order valence-corrected chi connectivity index (χ1v) is 6.52. The van der Waals surface area contributed by atoms with Crippen LogP contribution < -0.4 is 0 Å². The van der Waals surface area contributed by atoms with Gasteiger partial charge in [0.25, 0.3) is 11.6 Å². The quantitative estimate of drug-likeness (QED) is 0.671. The van der Waals surface area contributed by atoms with Crippen LogP contribution in [0.25, 0.3) is 0 Å². The summed E-state index contributed by atoms with van der Waals surface area (Å²) in [5.74, 6) is -1.47. The molecule has 1 fully saturated rings. The highest BCUT2D eigenvalue weighted by Gasteiger charge is 2.35. The zero-order valence-corrected chi connectivity index (χ0v) is 11.0. The second kappa shape index (κ2) is 4.96. The lowest BCUT2D eigenvalue weighted by atomic mass is 10.2. The molecule has 0 aromatic carbocycles. The van der Waals surface area contributed by atoms with Gasteiger partial charge in [-0.25, -0.2) is 4.79 Å². The molecule has 2 heterocycles. The van der Waals surface area contributed by atoms with Crippen molar-refractivity contribution in [2.45, 2.75) is 25.8 Å². The van der Waals surface area contributed by atoms with E-state index < -0.39 is 22.8 Å². The molecule has 0 spiro atoms. The van der Waals surface area contributed by atoms with Gasteiger partial charge in [0.2, 0.25) is 0 Å². The third kappa shape index (κ3) is 2.43. The number of nitro groups is 1. The molecule has 7 nitrogen and oxygen atoms in total. The average molecular weight is 284 g/mol. The molecule has 1 amide bonds. The number of nitrogens with zero attached hydrogens (tertiary/aromatic N) is 2. The Labute approximate surface area is 112 Å². The number of carboxylic acid groups (broad SMARTS) is 1. The van der Waals surface area contributed by atoms with Crippen LogP contribution in [-0.4, -0.2) is 39.4 Å². The summed E-state index contributed by atoms with van der Waals surface area (Å²) in [6.45, 7) is 1.94. The SMILES string of the molecule is Cc1sc(C(=O)N2CCC[C@H]2C(=O)O)cc1[N+](=O)[O-]. The van der Waals surface area contributed by atoms with Crippen molar-refractivity contribution in [2.24, 2.45) is 0 Å². The molecule has 1 aliphatic heterocycles. The van der Waals surface area contributed by atoms with E-state index in [0.717, 1.165) is 11.3 Å². The van der Waals surface area contributed by atoms with Gasteiger partial charge in [-0.3, -0.25) is 14.9 Å². The van der Waals surface area contributed by atoms with Crippen molar-refractivity contribution in [3.8, 4) is 0 Å². The van der Waals surface area contributed by atoms with Crippen LogP contribution in [0.3, 0.4) is 0 Å². The van der Waals surface area contributed by atoms with E-state index in [-0.39, 0.29) is 10.6 Å². The minimum absolute atomic E-state index is 0.0978. The van der Waals surface area contributed by atoms with Crippen molar-refractivity contribution in [3.63, 3.8) is 0 Å². The third-order valence-electron chi connectivity index (χ3n) is 3.10. The number of carbonyl (C=O) groups is 2. The Morgan fingerprint density at radius 2 is 2.26 bits per heavy atom. The molecule has 1 saturated heterocycles. The van der Waals surface area contributed by atoms with Gasteiger partial charge in [0.1, 0.15) is 6.04 Å². The minimum Gasteiger partial charge on any atom is -0.480 e. The van der Waals surface area contributed by atoms with Crippen LogP contribution in [0.4, 0.5) is 5.69 Å². The number of hydrogen-bond donors (Lipinski definition) is 1.